The first-order valence-electron chi connectivity index (χ1n) is 9.90. The Kier molecular flexibility index (Phi) is 6.27. The van der Waals surface area contributed by atoms with Crippen molar-refractivity contribution in [3.05, 3.63) is 82.6 Å². The van der Waals surface area contributed by atoms with Gasteiger partial charge < -0.3 is 10.2 Å². The molecular weight excluding hydrogens is 436 g/mol. The Hall–Kier alpha value is -3.59. The number of amides is 4. The molecule has 4 rings (SSSR count). The van der Waals surface area contributed by atoms with E-state index in [-0.39, 0.29) is 18.7 Å². The van der Waals surface area contributed by atoms with Gasteiger partial charge in [0.2, 0.25) is 5.91 Å². The molecule has 1 fully saturated rings. The summed E-state index contributed by atoms with van der Waals surface area (Å²) in [5, 5.41) is 4.54. The maximum absolute atomic E-state index is 13.3. The molecule has 3 aromatic rings. The molecule has 2 heterocycles. The Morgan fingerprint density at radius 3 is 2.25 bits per heavy atom. The number of rotatable bonds is 7. The zero-order valence-electron chi connectivity index (χ0n) is 16.8. The number of carbonyl (C=O) groups excluding carboxylic acids is 3. The van der Waals surface area contributed by atoms with E-state index < -0.39 is 35.5 Å². The van der Waals surface area contributed by atoms with Gasteiger partial charge in [-0.15, -0.1) is 11.3 Å². The summed E-state index contributed by atoms with van der Waals surface area (Å²) < 4.78 is 26.4. The van der Waals surface area contributed by atoms with Gasteiger partial charge >= 0.3 is 6.03 Å². The number of thiophene rings is 1. The molecule has 1 aliphatic rings. The van der Waals surface area contributed by atoms with Gasteiger partial charge in [-0.05, 0) is 66.4 Å². The van der Waals surface area contributed by atoms with Crippen molar-refractivity contribution in [1.29, 1.82) is 0 Å². The van der Waals surface area contributed by atoms with Crippen molar-refractivity contribution >= 4 is 40.6 Å². The summed E-state index contributed by atoms with van der Waals surface area (Å²) in [6.45, 7) is 0.247. The van der Waals surface area contributed by atoms with Crippen LogP contribution in [0.2, 0.25) is 0 Å². The van der Waals surface area contributed by atoms with Crippen LogP contribution in [0.25, 0.3) is 0 Å². The van der Waals surface area contributed by atoms with Gasteiger partial charge in [-0.25, -0.2) is 18.5 Å². The van der Waals surface area contributed by atoms with Crippen LogP contribution in [0.15, 0.2) is 66.0 Å². The molecular formula is C23H19F2N3O3S. The highest BCUT2D eigenvalue weighted by molar-refractivity contribution is 7.09. The molecule has 1 unspecified atom stereocenters. The molecule has 0 saturated carbocycles. The predicted molar refractivity (Wildman–Crippen MR) is 117 cm³/mol. The van der Waals surface area contributed by atoms with Crippen LogP contribution in [0.5, 0.6) is 0 Å². The molecule has 0 radical (unpaired) electrons. The van der Waals surface area contributed by atoms with E-state index in [1.165, 1.54) is 64.8 Å². The lowest BCUT2D eigenvalue weighted by molar-refractivity contribution is -0.124. The third kappa shape index (κ3) is 4.67. The average Bonchev–Trinajstić information content (AvgIpc) is 3.36. The second kappa shape index (κ2) is 9.27. The predicted octanol–water partition coefficient (Wildman–Crippen LogP) is 4.44. The van der Waals surface area contributed by atoms with Gasteiger partial charge in [-0.3, -0.25) is 9.59 Å². The third-order valence-corrected chi connectivity index (χ3v) is 6.03. The summed E-state index contributed by atoms with van der Waals surface area (Å²) in [5.41, 5.74) is 0.623. The van der Waals surface area contributed by atoms with Gasteiger partial charge in [0.25, 0.3) is 5.91 Å². The zero-order chi connectivity index (χ0) is 22.7. The lowest BCUT2D eigenvalue weighted by atomic mass is 10.1. The molecule has 0 bridgehead atoms. The number of carbonyl (C=O) groups is 3. The molecule has 2 aromatic carbocycles. The van der Waals surface area contributed by atoms with Gasteiger partial charge in [0.15, 0.2) is 0 Å². The maximum Gasteiger partial charge on any atom is 0.332 e. The quantitative estimate of drug-likeness (QED) is 0.536. The molecule has 32 heavy (non-hydrogen) atoms. The molecule has 164 valence electrons. The Morgan fingerprint density at radius 1 is 0.969 bits per heavy atom. The molecule has 1 atom stereocenters. The minimum atomic E-state index is -1.01. The summed E-state index contributed by atoms with van der Waals surface area (Å²) in [6, 6.07) is 12.5. The summed E-state index contributed by atoms with van der Waals surface area (Å²) in [5.74, 6) is -1.96. The summed E-state index contributed by atoms with van der Waals surface area (Å²) in [4.78, 5) is 42.3. The normalized spacial score (nSPS) is 16.0. The average molecular weight is 455 g/mol. The minimum absolute atomic E-state index is 0.240. The molecule has 4 amide bonds. The Bertz CT molecular complexity index is 1120. The first-order valence-corrected chi connectivity index (χ1v) is 10.8. The van der Waals surface area contributed by atoms with E-state index in [1.54, 1.807) is 0 Å². The highest BCUT2D eigenvalue weighted by atomic mass is 32.1. The van der Waals surface area contributed by atoms with E-state index in [0.29, 0.717) is 12.1 Å². The van der Waals surface area contributed by atoms with Crippen LogP contribution >= 0.6 is 11.3 Å². The number of hydrogen-bond donors (Lipinski definition) is 1. The van der Waals surface area contributed by atoms with E-state index in [9.17, 15) is 23.2 Å². The second-order valence-corrected chi connectivity index (χ2v) is 8.26. The van der Waals surface area contributed by atoms with E-state index in [2.05, 4.69) is 5.32 Å². The fourth-order valence-electron chi connectivity index (χ4n) is 3.52. The fraction of sp³-hybridized carbons (Fsp3) is 0.174. The molecule has 1 saturated heterocycles. The van der Waals surface area contributed by atoms with Crippen LogP contribution in [0.4, 0.5) is 25.0 Å². The highest BCUT2D eigenvalue weighted by Gasteiger charge is 2.46. The zero-order valence-corrected chi connectivity index (χ0v) is 17.6. The molecule has 9 heteroatoms. The van der Waals surface area contributed by atoms with Gasteiger partial charge in [-0.1, -0.05) is 6.07 Å². The first kappa shape index (κ1) is 21.6. The molecule has 1 aromatic heterocycles. The van der Waals surface area contributed by atoms with Gasteiger partial charge in [0.1, 0.15) is 17.7 Å². The van der Waals surface area contributed by atoms with Crippen LogP contribution in [0, 0.1) is 11.6 Å². The van der Waals surface area contributed by atoms with E-state index in [4.69, 9.17) is 0 Å². The number of nitrogens with zero attached hydrogens (tertiary/aromatic N) is 2. The molecule has 1 aliphatic heterocycles. The number of benzene rings is 2. The summed E-state index contributed by atoms with van der Waals surface area (Å²) in [6.07, 6.45) is 0.272. The summed E-state index contributed by atoms with van der Waals surface area (Å²) in [7, 11) is 0. The fourth-order valence-corrected chi connectivity index (χ4v) is 4.22. The van der Waals surface area contributed by atoms with Crippen molar-refractivity contribution in [2.75, 3.05) is 16.8 Å². The number of imide groups is 1. The monoisotopic (exact) mass is 455 g/mol. The van der Waals surface area contributed by atoms with Crippen molar-refractivity contribution in [2.45, 2.75) is 18.9 Å². The standard InChI is InChI=1S/C23H19F2N3O3S/c24-15-3-7-17(8-4-15)26-21(29)14-20-22(30)28(18-9-5-16(25)6-10-18)23(31)27(20)12-11-19-2-1-13-32-19/h1-10,13,20H,11-12,14H2,(H,26,29). The number of nitrogens with one attached hydrogen (secondary N) is 1. The largest absolute Gasteiger partial charge is 0.332 e. The van der Waals surface area contributed by atoms with Gasteiger partial charge in [-0.2, -0.15) is 0 Å². The first-order chi connectivity index (χ1) is 15.4. The topological polar surface area (TPSA) is 69.7 Å². The lowest BCUT2D eigenvalue weighted by Crippen LogP contribution is -2.39. The van der Waals surface area contributed by atoms with Gasteiger partial charge in [0.05, 0.1) is 12.1 Å². The van der Waals surface area contributed by atoms with E-state index in [1.807, 2.05) is 17.5 Å². The van der Waals surface area contributed by atoms with Crippen LogP contribution in [0.1, 0.15) is 11.3 Å². The molecule has 6 nitrogen and oxygen atoms in total. The lowest BCUT2D eigenvalue weighted by Gasteiger charge is -2.21. The summed E-state index contributed by atoms with van der Waals surface area (Å²) >= 11 is 1.54. The van der Waals surface area contributed by atoms with Crippen LogP contribution in [-0.2, 0) is 16.0 Å². The highest BCUT2D eigenvalue weighted by Crippen LogP contribution is 2.28. The third-order valence-electron chi connectivity index (χ3n) is 5.09. The SMILES string of the molecule is O=C(CC1C(=O)N(c2ccc(F)cc2)C(=O)N1CCc1cccs1)Nc1ccc(F)cc1. The number of hydrogen-bond acceptors (Lipinski definition) is 4. The molecule has 0 spiro atoms. The number of urea groups is 1. The Labute approximate surface area is 187 Å². The van der Waals surface area contributed by atoms with Crippen molar-refractivity contribution in [3.8, 4) is 0 Å². The van der Waals surface area contributed by atoms with E-state index >= 15 is 0 Å². The Morgan fingerprint density at radius 2 is 1.62 bits per heavy atom. The maximum atomic E-state index is 13.3. The number of anilines is 2. The minimum Gasteiger partial charge on any atom is -0.326 e. The van der Waals surface area contributed by atoms with Crippen molar-refractivity contribution in [2.24, 2.45) is 0 Å². The van der Waals surface area contributed by atoms with Crippen LogP contribution in [0.3, 0.4) is 0 Å². The Balaban J connectivity index is 1.54. The second-order valence-electron chi connectivity index (χ2n) is 7.23. The van der Waals surface area contributed by atoms with Gasteiger partial charge in [0, 0.05) is 17.1 Å². The molecule has 1 N–H and O–H groups in total. The molecule has 0 aliphatic carbocycles. The van der Waals surface area contributed by atoms with Crippen molar-refractivity contribution in [3.63, 3.8) is 0 Å². The smallest absolute Gasteiger partial charge is 0.326 e. The van der Waals surface area contributed by atoms with Crippen LogP contribution < -0.4 is 10.2 Å². The van der Waals surface area contributed by atoms with Crippen molar-refractivity contribution in [1.82, 2.24) is 4.90 Å². The van der Waals surface area contributed by atoms with Crippen LogP contribution in [-0.4, -0.2) is 35.3 Å². The van der Waals surface area contributed by atoms with Crippen molar-refractivity contribution < 1.29 is 23.2 Å². The van der Waals surface area contributed by atoms with E-state index in [0.717, 1.165) is 9.78 Å². The number of halogens is 2.